The Morgan fingerprint density at radius 1 is 1.07 bits per heavy atom. The third kappa shape index (κ3) is 10.7. The fourth-order valence-electron chi connectivity index (χ4n) is 3.43. The molecule has 0 aliphatic heterocycles. The quantitative estimate of drug-likeness (QED) is 0.282. The van der Waals surface area contributed by atoms with E-state index in [2.05, 4.69) is 22.9 Å². The normalized spacial score (nSPS) is 16.7. The lowest BCUT2D eigenvalue weighted by Gasteiger charge is -2.27. The molecule has 0 aromatic rings. The van der Waals surface area contributed by atoms with Crippen molar-refractivity contribution in [3.63, 3.8) is 0 Å². The van der Waals surface area contributed by atoms with E-state index in [0.29, 0.717) is 6.54 Å². The molecule has 0 atom stereocenters. The van der Waals surface area contributed by atoms with Gasteiger partial charge in [0.15, 0.2) is 5.96 Å². The second-order valence-electron chi connectivity index (χ2n) is 8.56. The smallest absolute Gasteiger partial charge is 0.407 e. The van der Waals surface area contributed by atoms with E-state index in [1.54, 1.807) is 0 Å². The molecule has 7 heteroatoms. The molecule has 0 heterocycles. The van der Waals surface area contributed by atoms with E-state index in [0.717, 1.165) is 51.6 Å². The fourth-order valence-corrected chi connectivity index (χ4v) is 3.43. The summed E-state index contributed by atoms with van der Waals surface area (Å²) in [4.78, 5) is 16.5. The largest absolute Gasteiger partial charge is 0.444 e. The van der Waals surface area contributed by atoms with Gasteiger partial charge in [0.1, 0.15) is 5.60 Å². The number of aliphatic imine (C=N–C) groups is 1. The van der Waals surface area contributed by atoms with E-state index in [9.17, 15) is 4.79 Å². The number of alkyl carbamates (subject to hydrolysis) is 1. The van der Waals surface area contributed by atoms with Crippen LogP contribution in [0.25, 0.3) is 0 Å². The molecule has 1 rings (SSSR count). The Balaban J connectivity index is 2.39. The molecule has 1 fully saturated rings. The first-order valence-corrected chi connectivity index (χ1v) is 10.9. The van der Waals surface area contributed by atoms with E-state index < -0.39 is 5.60 Å². The van der Waals surface area contributed by atoms with Crippen LogP contribution in [0.15, 0.2) is 4.99 Å². The maximum absolute atomic E-state index is 11.7. The number of amides is 1. The first-order valence-electron chi connectivity index (χ1n) is 10.9. The lowest BCUT2D eigenvalue weighted by molar-refractivity contribution is 0.0527. The molecule has 0 aromatic carbocycles. The predicted molar refractivity (Wildman–Crippen MR) is 115 cm³/mol. The van der Waals surface area contributed by atoms with Gasteiger partial charge in [0.05, 0.1) is 0 Å². The third-order valence-corrected chi connectivity index (χ3v) is 4.88. The van der Waals surface area contributed by atoms with Crippen LogP contribution >= 0.6 is 0 Å². The highest BCUT2D eigenvalue weighted by Gasteiger charge is 2.33. The molecular weight excluding hydrogens is 356 g/mol. The molecule has 1 saturated carbocycles. The molecule has 7 nitrogen and oxygen atoms in total. The first kappa shape index (κ1) is 24.5. The summed E-state index contributed by atoms with van der Waals surface area (Å²) in [5, 5.41) is 9.47. The Hall–Kier alpha value is -1.50. The number of hydrogen-bond donors (Lipinski definition) is 3. The van der Waals surface area contributed by atoms with Gasteiger partial charge in [-0.15, -0.1) is 0 Å². The molecule has 0 unspecified atom stereocenters. The molecule has 1 amide bonds. The molecule has 28 heavy (non-hydrogen) atoms. The summed E-state index contributed by atoms with van der Waals surface area (Å²) >= 11 is 0. The highest BCUT2D eigenvalue weighted by atomic mass is 16.6. The zero-order valence-corrected chi connectivity index (χ0v) is 18.7. The minimum Gasteiger partial charge on any atom is -0.444 e. The van der Waals surface area contributed by atoms with Crippen molar-refractivity contribution in [2.24, 2.45) is 10.4 Å². The van der Waals surface area contributed by atoms with Crippen molar-refractivity contribution in [3.8, 4) is 0 Å². The Kier molecular flexibility index (Phi) is 11.3. The van der Waals surface area contributed by atoms with Gasteiger partial charge in [-0.05, 0) is 65.7 Å². The van der Waals surface area contributed by atoms with Gasteiger partial charge in [0, 0.05) is 39.4 Å². The van der Waals surface area contributed by atoms with Crippen molar-refractivity contribution < 1.29 is 14.3 Å². The number of guanidine groups is 1. The van der Waals surface area contributed by atoms with Crippen molar-refractivity contribution in [1.82, 2.24) is 16.0 Å². The van der Waals surface area contributed by atoms with Crippen LogP contribution in [0.1, 0.15) is 73.1 Å². The zero-order valence-electron chi connectivity index (χ0n) is 18.7. The van der Waals surface area contributed by atoms with Crippen LogP contribution in [0, 0.1) is 5.41 Å². The van der Waals surface area contributed by atoms with Crippen LogP contribution in [0.4, 0.5) is 4.79 Å². The summed E-state index contributed by atoms with van der Waals surface area (Å²) in [6.07, 6.45) is 6.59. The average molecular weight is 399 g/mol. The molecule has 1 aliphatic rings. The molecule has 0 bridgehead atoms. The van der Waals surface area contributed by atoms with Crippen molar-refractivity contribution in [1.29, 1.82) is 0 Å². The van der Waals surface area contributed by atoms with Crippen molar-refractivity contribution in [2.45, 2.75) is 78.7 Å². The van der Waals surface area contributed by atoms with Crippen molar-refractivity contribution in [2.75, 3.05) is 39.4 Å². The highest BCUT2D eigenvalue weighted by Crippen LogP contribution is 2.41. The summed E-state index contributed by atoms with van der Waals surface area (Å²) in [6.45, 7) is 14.3. The second kappa shape index (κ2) is 12.9. The number of hydrogen-bond acceptors (Lipinski definition) is 4. The number of carbonyl (C=O) groups is 1. The Labute approximate surface area is 171 Å². The van der Waals surface area contributed by atoms with Gasteiger partial charge < -0.3 is 25.4 Å². The lowest BCUT2D eigenvalue weighted by Crippen LogP contribution is -2.40. The minimum atomic E-state index is -0.467. The molecule has 0 aromatic heterocycles. The zero-order chi connectivity index (χ0) is 20.9. The molecule has 1 aliphatic carbocycles. The maximum Gasteiger partial charge on any atom is 0.407 e. The van der Waals surface area contributed by atoms with Crippen LogP contribution < -0.4 is 16.0 Å². The third-order valence-electron chi connectivity index (χ3n) is 4.88. The summed E-state index contributed by atoms with van der Waals surface area (Å²) in [7, 11) is 0. The van der Waals surface area contributed by atoms with Gasteiger partial charge >= 0.3 is 6.09 Å². The molecule has 164 valence electrons. The van der Waals surface area contributed by atoms with E-state index in [1.807, 2.05) is 27.7 Å². The van der Waals surface area contributed by atoms with E-state index in [4.69, 9.17) is 14.5 Å². The maximum atomic E-state index is 11.7. The van der Waals surface area contributed by atoms with Gasteiger partial charge in [-0.25, -0.2) is 4.79 Å². The second-order valence-corrected chi connectivity index (χ2v) is 8.56. The van der Waals surface area contributed by atoms with Gasteiger partial charge in [0.25, 0.3) is 0 Å². The Morgan fingerprint density at radius 2 is 1.75 bits per heavy atom. The van der Waals surface area contributed by atoms with Crippen LogP contribution in [0.3, 0.4) is 0 Å². The lowest BCUT2D eigenvalue weighted by atomic mass is 9.83. The molecule has 0 spiro atoms. The molecule has 3 N–H and O–H groups in total. The summed E-state index contributed by atoms with van der Waals surface area (Å²) in [5.74, 6) is 0.849. The van der Waals surface area contributed by atoms with Gasteiger partial charge in [-0.3, -0.25) is 4.99 Å². The van der Waals surface area contributed by atoms with Gasteiger partial charge in [-0.1, -0.05) is 12.8 Å². The average Bonchev–Trinajstić information content (AvgIpc) is 3.07. The Morgan fingerprint density at radius 3 is 2.36 bits per heavy atom. The topological polar surface area (TPSA) is 84.0 Å². The summed E-state index contributed by atoms with van der Waals surface area (Å²) in [5.41, 5.74) is -0.179. The number of nitrogens with zero attached hydrogens (tertiary/aromatic N) is 1. The van der Waals surface area contributed by atoms with Crippen LogP contribution in [0.2, 0.25) is 0 Å². The monoisotopic (exact) mass is 398 g/mol. The molecule has 0 saturated heterocycles. The standard InChI is InChI=1S/C21H42N4O3/c1-6-22-18(23-14-10-15-24-19(26)28-20(3,4)5)25-17-21(11-8-9-12-21)13-16-27-7-2/h6-17H2,1-5H3,(H,24,26)(H2,22,23,25). The van der Waals surface area contributed by atoms with Gasteiger partial charge in [-0.2, -0.15) is 0 Å². The first-order chi connectivity index (χ1) is 13.3. The van der Waals surface area contributed by atoms with E-state index in [1.165, 1.54) is 25.7 Å². The molecular formula is C21H42N4O3. The van der Waals surface area contributed by atoms with E-state index >= 15 is 0 Å². The van der Waals surface area contributed by atoms with Crippen LogP contribution in [-0.2, 0) is 9.47 Å². The van der Waals surface area contributed by atoms with Crippen molar-refractivity contribution in [3.05, 3.63) is 0 Å². The van der Waals surface area contributed by atoms with Crippen LogP contribution in [-0.4, -0.2) is 57.0 Å². The molecule has 0 radical (unpaired) electrons. The number of carbonyl (C=O) groups excluding carboxylic acids is 1. The van der Waals surface area contributed by atoms with Crippen molar-refractivity contribution >= 4 is 12.1 Å². The number of ether oxygens (including phenoxy) is 2. The van der Waals surface area contributed by atoms with E-state index in [-0.39, 0.29) is 11.5 Å². The summed E-state index contributed by atoms with van der Waals surface area (Å²) < 4.78 is 10.8. The number of nitrogens with one attached hydrogen (secondary N) is 3. The summed E-state index contributed by atoms with van der Waals surface area (Å²) in [6, 6.07) is 0. The minimum absolute atomic E-state index is 0.287. The van der Waals surface area contributed by atoms with Crippen LogP contribution in [0.5, 0.6) is 0 Å². The van der Waals surface area contributed by atoms with Gasteiger partial charge in [0.2, 0.25) is 0 Å². The fraction of sp³-hybridized carbons (Fsp3) is 0.905. The highest BCUT2D eigenvalue weighted by molar-refractivity contribution is 5.79. The predicted octanol–water partition coefficient (Wildman–Crippen LogP) is 3.44. The number of rotatable bonds is 11. The SMILES string of the molecule is CCNC(=NCC1(CCOCC)CCCC1)NCCCNC(=O)OC(C)(C)C. The Bertz CT molecular complexity index is 469.